The first kappa shape index (κ1) is 22.1. The molecule has 0 aliphatic rings. The SMILES string of the molecule is Cc1cc(C)c(S(=O)(=O)N(CC(=O)NC(C)(C)C)Cc2ccccc2)c(C)c1. The van der Waals surface area contributed by atoms with Gasteiger partial charge in [-0.3, -0.25) is 4.79 Å². The highest BCUT2D eigenvalue weighted by atomic mass is 32.2. The van der Waals surface area contributed by atoms with E-state index in [4.69, 9.17) is 0 Å². The van der Waals surface area contributed by atoms with Crippen molar-refractivity contribution in [2.45, 2.75) is 58.5 Å². The van der Waals surface area contributed by atoms with Gasteiger partial charge in [0.2, 0.25) is 15.9 Å². The average Bonchev–Trinajstić information content (AvgIpc) is 2.52. The van der Waals surface area contributed by atoms with Crippen molar-refractivity contribution in [1.82, 2.24) is 9.62 Å². The fraction of sp³-hybridized carbons (Fsp3) is 0.409. The second kappa shape index (κ2) is 8.45. The zero-order chi connectivity index (χ0) is 21.1. The standard InChI is InChI=1S/C22H30N2O3S/c1-16-12-17(2)21(18(3)13-16)28(26,27)24(14-19-10-8-7-9-11-19)15-20(25)23-22(4,5)6/h7-13H,14-15H2,1-6H3,(H,23,25). The van der Waals surface area contributed by atoms with Gasteiger partial charge in [-0.2, -0.15) is 4.31 Å². The topological polar surface area (TPSA) is 66.5 Å². The van der Waals surface area contributed by atoms with Crippen molar-refractivity contribution in [2.24, 2.45) is 0 Å². The van der Waals surface area contributed by atoms with E-state index in [1.807, 2.05) is 70.2 Å². The van der Waals surface area contributed by atoms with E-state index in [2.05, 4.69) is 5.32 Å². The summed E-state index contributed by atoms with van der Waals surface area (Å²) in [5.41, 5.74) is 2.78. The second-order valence-corrected chi connectivity index (χ2v) is 10.2. The Morgan fingerprint density at radius 2 is 1.54 bits per heavy atom. The molecule has 1 amide bonds. The van der Waals surface area contributed by atoms with Gasteiger partial charge >= 0.3 is 0 Å². The second-order valence-electron chi connectivity index (χ2n) is 8.28. The third-order valence-electron chi connectivity index (χ3n) is 4.24. The summed E-state index contributed by atoms with van der Waals surface area (Å²) >= 11 is 0. The van der Waals surface area contributed by atoms with Crippen LogP contribution in [-0.2, 0) is 21.4 Å². The Morgan fingerprint density at radius 3 is 2.04 bits per heavy atom. The third kappa shape index (κ3) is 5.66. The van der Waals surface area contributed by atoms with Gasteiger partial charge in [-0.1, -0.05) is 48.0 Å². The predicted molar refractivity (Wildman–Crippen MR) is 113 cm³/mol. The maximum atomic E-state index is 13.5. The van der Waals surface area contributed by atoms with Gasteiger partial charge in [-0.05, 0) is 58.2 Å². The summed E-state index contributed by atoms with van der Waals surface area (Å²) < 4.78 is 28.3. The molecule has 152 valence electrons. The molecule has 0 saturated carbocycles. The number of nitrogens with zero attached hydrogens (tertiary/aromatic N) is 1. The number of carbonyl (C=O) groups excluding carboxylic acids is 1. The maximum absolute atomic E-state index is 13.5. The van der Waals surface area contributed by atoms with Crippen LogP contribution >= 0.6 is 0 Å². The minimum atomic E-state index is -3.86. The van der Waals surface area contributed by atoms with Crippen LogP contribution in [0.1, 0.15) is 43.0 Å². The van der Waals surface area contributed by atoms with Crippen molar-refractivity contribution in [3.8, 4) is 0 Å². The summed E-state index contributed by atoms with van der Waals surface area (Å²) in [6, 6.07) is 13.0. The summed E-state index contributed by atoms with van der Waals surface area (Å²) in [6.45, 7) is 11.0. The number of aryl methyl sites for hydroxylation is 3. The van der Waals surface area contributed by atoms with Crippen LogP contribution in [0.25, 0.3) is 0 Å². The van der Waals surface area contributed by atoms with E-state index in [1.54, 1.807) is 13.8 Å². The molecule has 28 heavy (non-hydrogen) atoms. The molecule has 0 aliphatic heterocycles. The van der Waals surface area contributed by atoms with Gasteiger partial charge in [0.25, 0.3) is 0 Å². The fourth-order valence-electron chi connectivity index (χ4n) is 3.33. The van der Waals surface area contributed by atoms with Crippen LogP contribution in [0.2, 0.25) is 0 Å². The molecule has 1 N–H and O–H groups in total. The van der Waals surface area contributed by atoms with E-state index in [0.717, 1.165) is 11.1 Å². The van der Waals surface area contributed by atoms with Gasteiger partial charge in [-0.25, -0.2) is 8.42 Å². The van der Waals surface area contributed by atoms with Crippen LogP contribution < -0.4 is 5.32 Å². The highest BCUT2D eigenvalue weighted by Crippen LogP contribution is 2.26. The maximum Gasteiger partial charge on any atom is 0.244 e. The van der Waals surface area contributed by atoms with Crippen LogP contribution in [-0.4, -0.2) is 30.7 Å². The van der Waals surface area contributed by atoms with Crippen molar-refractivity contribution in [3.05, 3.63) is 64.7 Å². The van der Waals surface area contributed by atoms with Crippen LogP contribution in [0, 0.1) is 20.8 Å². The molecule has 0 unspecified atom stereocenters. The normalized spacial score (nSPS) is 12.2. The summed E-state index contributed by atoms with van der Waals surface area (Å²) in [6.07, 6.45) is 0. The number of nitrogens with one attached hydrogen (secondary N) is 1. The largest absolute Gasteiger partial charge is 0.350 e. The zero-order valence-corrected chi connectivity index (χ0v) is 18.4. The van der Waals surface area contributed by atoms with Gasteiger partial charge in [-0.15, -0.1) is 0 Å². The van der Waals surface area contributed by atoms with Crippen molar-refractivity contribution in [2.75, 3.05) is 6.54 Å². The summed E-state index contributed by atoms with van der Waals surface area (Å²) in [5.74, 6) is -0.325. The lowest BCUT2D eigenvalue weighted by atomic mass is 10.1. The van der Waals surface area contributed by atoms with Crippen LogP contribution in [0.4, 0.5) is 0 Å². The Bertz CT molecular complexity index is 922. The zero-order valence-electron chi connectivity index (χ0n) is 17.5. The molecular formula is C22H30N2O3S. The lowest BCUT2D eigenvalue weighted by molar-refractivity contribution is -0.122. The van der Waals surface area contributed by atoms with E-state index in [0.29, 0.717) is 11.1 Å². The number of amides is 1. The van der Waals surface area contributed by atoms with Crippen LogP contribution in [0.5, 0.6) is 0 Å². The van der Waals surface area contributed by atoms with Gasteiger partial charge < -0.3 is 5.32 Å². The molecule has 5 nitrogen and oxygen atoms in total. The lowest BCUT2D eigenvalue weighted by Gasteiger charge is -2.27. The Kier molecular flexibility index (Phi) is 6.67. The lowest BCUT2D eigenvalue weighted by Crippen LogP contribution is -2.47. The summed E-state index contributed by atoms with van der Waals surface area (Å²) in [7, 11) is -3.86. The molecule has 0 aromatic heterocycles. The fourth-order valence-corrected chi connectivity index (χ4v) is 5.13. The number of hydrogen-bond donors (Lipinski definition) is 1. The smallest absolute Gasteiger partial charge is 0.244 e. The number of hydrogen-bond acceptors (Lipinski definition) is 3. The van der Waals surface area contributed by atoms with E-state index in [-0.39, 0.29) is 23.9 Å². The van der Waals surface area contributed by atoms with Gasteiger partial charge in [0.05, 0.1) is 11.4 Å². The van der Waals surface area contributed by atoms with Crippen molar-refractivity contribution in [3.63, 3.8) is 0 Å². The summed E-state index contributed by atoms with van der Waals surface area (Å²) in [4.78, 5) is 12.8. The molecule has 2 rings (SSSR count). The molecule has 0 heterocycles. The van der Waals surface area contributed by atoms with Crippen molar-refractivity contribution < 1.29 is 13.2 Å². The van der Waals surface area contributed by atoms with E-state index < -0.39 is 15.6 Å². The monoisotopic (exact) mass is 402 g/mol. The number of rotatable bonds is 6. The molecule has 0 saturated heterocycles. The minimum absolute atomic E-state index is 0.132. The molecule has 2 aromatic rings. The Labute approximate surface area is 168 Å². The van der Waals surface area contributed by atoms with Gasteiger partial charge in [0, 0.05) is 12.1 Å². The minimum Gasteiger partial charge on any atom is -0.350 e. The van der Waals surface area contributed by atoms with Crippen molar-refractivity contribution in [1.29, 1.82) is 0 Å². The first-order valence-electron chi connectivity index (χ1n) is 9.33. The Balaban J connectivity index is 2.46. The molecule has 0 bridgehead atoms. The number of sulfonamides is 1. The van der Waals surface area contributed by atoms with E-state index >= 15 is 0 Å². The molecule has 6 heteroatoms. The third-order valence-corrected chi connectivity index (χ3v) is 6.34. The average molecular weight is 403 g/mol. The highest BCUT2D eigenvalue weighted by molar-refractivity contribution is 7.89. The molecule has 0 aliphatic carbocycles. The summed E-state index contributed by atoms with van der Waals surface area (Å²) in [5, 5.41) is 2.85. The highest BCUT2D eigenvalue weighted by Gasteiger charge is 2.30. The molecule has 0 radical (unpaired) electrons. The van der Waals surface area contributed by atoms with E-state index in [1.165, 1.54) is 4.31 Å². The number of benzene rings is 2. The molecular weight excluding hydrogens is 372 g/mol. The molecule has 0 fully saturated rings. The van der Waals surface area contributed by atoms with E-state index in [9.17, 15) is 13.2 Å². The Hall–Kier alpha value is -2.18. The van der Waals surface area contributed by atoms with Crippen molar-refractivity contribution >= 4 is 15.9 Å². The number of carbonyl (C=O) groups is 1. The van der Waals surface area contributed by atoms with Crippen LogP contribution in [0.3, 0.4) is 0 Å². The molecule has 0 atom stereocenters. The Morgan fingerprint density at radius 1 is 1.00 bits per heavy atom. The first-order chi connectivity index (χ1) is 12.9. The van der Waals surface area contributed by atoms with Gasteiger partial charge in [0.15, 0.2) is 0 Å². The molecule has 0 spiro atoms. The first-order valence-corrected chi connectivity index (χ1v) is 10.8. The predicted octanol–water partition coefficient (Wildman–Crippen LogP) is 3.72. The molecule has 2 aromatic carbocycles. The quantitative estimate of drug-likeness (QED) is 0.801. The van der Waals surface area contributed by atoms with Gasteiger partial charge in [0.1, 0.15) is 0 Å². The van der Waals surface area contributed by atoms with Crippen LogP contribution in [0.15, 0.2) is 47.4 Å².